The Morgan fingerprint density at radius 2 is 1.86 bits per heavy atom. The molecule has 1 N–H and O–H groups in total. The molecule has 0 spiro atoms. The van der Waals surface area contributed by atoms with Crippen molar-refractivity contribution in [1.29, 1.82) is 0 Å². The van der Waals surface area contributed by atoms with E-state index in [9.17, 15) is 9.59 Å². The molecule has 1 fully saturated rings. The van der Waals surface area contributed by atoms with Crippen LogP contribution in [0, 0.1) is 5.92 Å². The minimum absolute atomic E-state index is 0.0352. The number of carbonyl (C=O) groups excluding carboxylic acids is 2. The van der Waals surface area contributed by atoms with Gasteiger partial charge in [-0.25, -0.2) is 0 Å². The molecule has 0 bridgehead atoms. The van der Waals surface area contributed by atoms with Crippen LogP contribution in [0.3, 0.4) is 0 Å². The molecule has 3 rings (SSSR count). The van der Waals surface area contributed by atoms with E-state index in [2.05, 4.69) is 5.32 Å². The highest BCUT2D eigenvalue weighted by Crippen LogP contribution is 2.23. The van der Waals surface area contributed by atoms with E-state index in [1.807, 2.05) is 59.5 Å². The molecule has 2 aromatic rings. The van der Waals surface area contributed by atoms with Crippen LogP contribution in [0.15, 0.2) is 59.5 Å². The molecule has 29 heavy (non-hydrogen) atoms. The smallest absolute Gasteiger partial charge is 0.232 e. The standard InChI is InChI=1S/C23H27ClN2O2S/c24-21-11-5-4-8-19(21)15-25-22(27)13-12-18-7-6-14-26(16-18)23(28)17-29-20-9-2-1-3-10-20/h1-5,8-11,18H,6-7,12-17H2,(H,25,27)/t18-/m1/s1. The Morgan fingerprint density at radius 1 is 1.10 bits per heavy atom. The highest BCUT2D eigenvalue weighted by molar-refractivity contribution is 8.00. The predicted octanol–water partition coefficient (Wildman–Crippen LogP) is 4.77. The van der Waals surface area contributed by atoms with Crippen molar-refractivity contribution in [3.05, 3.63) is 65.2 Å². The summed E-state index contributed by atoms with van der Waals surface area (Å²) in [6.45, 7) is 2.03. The summed E-state index contributed by atoms with van der Waals surface area (Å²) in [6, 6.07) is 17.5. The monoisotopic (exact) mass is 430 g/mol. The van der Waals surface area contributed by atoms with Crippen LogP contribution in [0.1, 0.15) is 31.2 Å². The van der Waals surface area contributed by atoms with Crippen molar-refractivity contribution < 1.29 is 9.59 Å². The molecule has 0 radical (unpaired) electrons. The molecule has 1 saturated heterocycles. The predicted molar refractivity (Wildman–Crippen MR) is 119 cm³/mol. The molecule has 4 nitrogen and oxygen atoms in total. The molecule has 0 unspecified atom stereocenters. The second kappa shape index (κ2) is 11.3. The van der Waals surface area contributed by atoms with Gasteiger partial charge in [0.25, 0.3) is 0 Å². The fourth-order valence-corrected chi connectivity index (χ4v) is 4.56. The molecule has 1 heterocycles. The second-order valence-corrected chi connectivity index (χ2v) is 8.81. The zero-order chi connectivity index (χ0) is 20.5. The fraction of sp³-hybridized carbons (Fsp3) is 0.391. The van der Waals surface area contributed by atoms with Crippen LogP contribution in [0.25, 0.3) is 0 Å². The van der Waals surface area contributed by atoms with Gasteiger partial charge < -0.3 is 10.2 Å². The van der Waals surface area contributed by atoms with Crippen molar-refractivity contribution in [3.8, 4) is 0 Å². The van der Waals surface area contributed by atoms with Crippen LogP contribution in [-0.4, -0.2) is 35.6 Å². The Kier molecular flexibility index (Phi) is 8.44. The molecule has 1 aliphatic heterocycles. The highest BCUT2D eigenvalue weighted by Gasteiger charge is 2.24. The number of halogens is 1. The lowest BCUT2D eigenvalue weighted by Gasteiger charge is -2.32. The number of carbonyl (C=O) groups is 2. The molecular formula is C23H27ClN2O2S. The zero-order valence-corrected chi connectivity index (χ0v) is 18.1. The quantitative estimate of drug-likeness (QED) is 0.614. The SMILES string of the molecule is O=C(CC[C@H]1CCCN(C(=O)CSc2ccccc2)C1)NCc1ccccc1Cl. The fourth-order valence-electron chi connectivity index (χ4n) is 3.54. The number of nitrogens with zero attached hydrogens (tertiary/aromatic N) is 1. The van der Waals surface area contributed by atoms with Gasteiger partial charge >= 0.3 is 0 Å². The third kappa shape index (κ3) is 7.09. The first-order chi connectivity index (χ1) is 14.1. The van der Waals surface area contributed by atoms with Gasteiger partial charge in [-0.3, -0.25) is 9.59 Å². The van der Waals surface area contributed by atoms with Crippen LogP contribution in [0.4, 0.5) is 0 Å². The zero-order valence-electron chi connectivity index (χ0n) is 16.5. The first kappa shape index (κ1) is 21.7. The molecule has 0 aliphatic carbocycles. The van der Waals surface area contributed by atoms with Crippen molar-refractivity contribution in [1.82, 2.24) is 10.2 Å². The Hall–Kier alpha value is -1.98. The van der Waals surface area contributed by atoms with Crippen molar-refractivity contribution >= 4 is 35.2 Å². The summed E-state index contributed by atoms with van der Waals surface area (Å²) in [7, 11) is 0. The van der Waals surface area contributed by atoms with E-state index in [1.165, 1.54) is 0 Å². The maximum atomic E-state index is 12.6. The lowest BCUT2D eigenvalue weighted by atomic mass is 9.93. The van der Waals surface area contributed by atoms with E-state index in [0.717, 1.165) is 42.8 Å². The minimum Gasteiger partial charge on any atom is -0.352 e. The first-order valence-corrected chi connectivity index (χ1v) is 11.4. The first-order valence-electron chi connectivity index (χ1n) is 10.1. The Balaban J connectivity index is 1.38. The number of benzene rings is 2. The number of hydrogen-bond acceptors (Lipinski definition) is 3. The summed E-state index contributed by atoms with van der Waals surface area (Å²) >= 11 is 7.71. The van der Waals surface area contributed by atoms with Crippen LogP contribution in [0.2, 0.25) is 5.02 Å². The largest absolute Gasteiger partial charge is 0.352 e. The van der Waals surface area contributed by atoms with E-state index < -0.39 is 0 Å². The molecule has 2 amide bonds. The Morgan fingerprint density at radius 3 is 2.66 bits per heavy atom. The molecule has 6 heteroatoms. The van der Waals surface area contributed by atoms with Gasteiger partial charge in [-0.15, -0.1) is 11.8 Å². The van der Waals surface area contributed by atoms with E-state index in [4.69, 9.17) is 11.6 Å². The normalized spacial score (nSPS) is 16.4. The van der Waals surface area contributed by atoms with Gasteiger partial charge in [-0.2, -0.15) is 0 Å². The second-order valence-electron chi connectivity index (χ2n) is 7.36. The summed E-state index contributed by atoms with van der Waals surface area (Å²) < 4.78 is 0. The van der Waals surface area contributed by atoms with Gasteiger partial charge in [-0.1, -0.05) is 48.0 Å². The van der Waals surface area contributed by atoms with Crippen molar-refractivity contribution in [2.24, 2.45) is 5.92 Å². The number of amides is 2. The van der Waals surface area contributed by atoms with E-state index in [1.54, 1.807) is 11.8 Å². The lowest BCUT2D eigenvalue weighted by molar-refractivity contribution is -0.130. The summed E-state index contributed by atoms with van der Waals surface area (Å²) in [6.07, 6.45) is 3.38. The van der Waals surface area contributed by atoms with Gasteiger partial charge in [0.15, 0.2) is 0 Å². The van der Waals surface area contributed by atoms with E-state index in [0.29, 0.717) is 29.7 Å². The average Bonchev–Trinajstić information content (AvgIpc) is 2.76. The number of thioether (sulfide) groups is 1. The topological polar surface area (TPSA) is 49.4 Å². The summed E-state index contributed by atoms with van der Waals surface area (Å²) in [4.78, 5) is 27.8. The number of likely N-dealkylation sites (tertiary alicyclic amines) is 1. The number of nitrogens with one attached hydrogen (secondary N) is 1. The van der Waals surface area contributed by atoms with Gasteiger partial charge in [0, 0.05) is 36.0 Å². The number of hydrogen-bond donors (Lipinski definition) is 1. The Labute approximate surface area is 182 Å². The molecular weight excluding hydrogens is 404 g/mol. The maximum absolute atomic E-state index is 12.6. The summed E-state index contributed by atoms with van der Waals surface area (Å²) in [5.41, 5.74) is 0.924. The molecule has 1 aliphatic rings. The van der Waals surface area contributed by atoms with Gasteiger partial charge in [0.1, 0.15) is 0 Å². The summed E-state index contributed by atoms with van der Waals surface area (Å²) in [5.74, 6) is 1.08. The third-order valence-corrected chi connectivity index (χ3v) is 6.56. The molecule has 0 aromatic heterocycles. The highest BCUT2D eigenvalue weighted by atomic mass is 35.5. The summed E-state index contributed by atoms with van der Waals surface area (Å²) in [5, 5.41) is 3.61. The van der Waals surface area contributed by atoms with Crippen LogP contribution >= 0.6 is 23.4 Å². The van der Waals surface area contributed by atoms with Crippen molar-refractivity contribution in [2.75, 3.05) is 18.8 Å². The van der Waals surface area contributed by atoms with Crippen molar-refractivity contribution in [2.45, 2.75) is 37.1 Å². The van der Waals surface area contributed by atoms with Gasteiger partial charge in [0.2, 0.25) is 11.8 Å². The molecule has 0 saturated carbocycles. The number of piperidine rings is 1. The van der Waals surface area contributed by atoms with Gasteiger partial charge in [-0.05, 0) is 48.9 Å². The van der Waals surface area contributed by atoms with Crippen LogP contribution < -0.4 is 5.32 Å². The van der Waals surface area contributed by atoms with Crippen molar-refractivity contribution in [3.63, 3.8) is 0 Å². The lowest BCUT2D eigenvalue weighted by Crippen LogP contribution is -2.41. The van der Waals surface area contributed by atoms with Crippen LogP contribution in [-0.2, 0) is 16.1 Å². The minimum atomic E-state index is 0.0352. The van der Waals surface area contributed by atoms with E-state index in [-0.39, 0.29) is 11.8 Å². The van der Waals surface area contributed by atoms with Crippen LogP contribution in [0.5, 0.6) is 0 Å². The molecule has 2 aromatic carbocycles. The molecule has 1 atom stereocenters. The van der Waals surface area contributed by atoms with E-state index >= 15 is 0 Å². The maximum Gasteiger partial charge on any atom is 0.232 e. The number of rotatable bonds is 8. The van der Waals surface area contributed by atoms with Gasteiger partial charge in [0.05, 0.1) is 5.75 Å². The average molecular weight is 431 g/mol. The molecule has 154 valence electrons. The third-order valence-electron chi connectivity index (χ3n) is 5.19. The Bertz CT molecular complexity index is 816.